The molecule has 4 heterocycles. The van der Waals surface area contributed by atoms with Crippen LogP contribution in [-0.4, -0.2) is 154 Å². The van der Waals surface area contributed by atoms with Gasteiger partial charge in [0.15, 0.2) is 23.8 Å². The Bertz CT molecular complexity index is 1270. The van der Waals surface area contributed by atoms with Crippen molar-refractivity contribution in [3.8, 4) is 0 Å². The minimum atomic E-state index is -2.33. The van der Waals surface area contributed by atoms with Crippen LogP contribution in [0.15, 0.2) is 0 Å². The Balaban J connectivity index is 1.78. The van der Waals surface area contributed by atoms with Crippen LogP contribution in [0.3, 0.4) is 0 Å². The first-order valence-electron chi connectivity index (χ1n) is 15.5. The van der Waals surface area contributed by atoms with Gasteiger partial charge in [0.05, 0.1) is 26.4 Å². The Hall–Kier alpha value is -3.64. The van der Waals surface area contributed by atoms with Crippen LogP contribution in [0.5, 0.6) is 0 Å². The number of carboxylic acids is 1. The first-order chi connectivity index (χ1) is 21.8. The van der Waals surface area contributed by atoms with Crippen molar-refractivity contribution in [2.45, 2.75) is 50.7 Å². The van der Waals surface area contributed by atoms with Crippen LogP contribution in [0.25, 0.3) is 11.0 Å². The van der Waals surface area contributed by atoms with Crippen LogP contribution in [0.2, 0.25) is 0 Å². The third-order valence-corrected chi connectivity index (χ3v) is 7.87. The molecule has 45 heavy (non-hydrogen) atoms. The van der Waals surface area contributed by atoms with E-state index in [-0.39, 0.29) is 58.6 Å². The molecule has 0 aromatic carbocycles. The average Bonchev–Trinajstić information content (AvgIpc) is 3.06. The molecule has 0 bridgehead atoms. The third-order valence-electron chi connectivity index (χ3n) is 7.87. The zero-order valence-corrected chi connectivity index (χ0v) is 25.4. The standard InChI is InChI=1S/C28H44N8O9/c37-15-11-35(12-16-38)27-29-19-20(23(31-27)33-7-3-1-4-8-33)30-28(32-24(19)34-9-5-2-6-10-34)36(13-17-39)14-18-45-26(44)22(41)21(40)25(42)43/h21-22,37-41H,1-18H2,(H,42,43)/t21-,22-/m1/s1. The smallest absolute Gasteiger partial charge is 0.338 e. The number of carbonyl (C=O) groups is 2. The van der Waals surface area contributed by atoms with E-state index in [1.165, 1.54) is 0 Å². The SMILES string of the molecule is O=C(O)[C@H](O)[C@@H](O)C(=O)OCCN(CCO)c1nc(N2CCCCC2)c2nc(N(CCO)CCO)nc(N3CCCCC3)c2n1. The van der Waals surface area contributed by atoms with Crippen LogP contribution < -0.4 is 19.6 Å². The minimum absolute atomic E-state index is 0.00804. The van der Waals surface area contributed by atoms with Crippen molar-refractivity contribution in [2.24, 2.45) is 0 Å². The van der Waals surface area contributed by atoms with E-state index in [4.69, 9.17) is 29.8 Å². The van der Waals surface area contributed by atoms with Crippen LogP contribution >= 0.6 is 0 Å². The van der Waals surface area contributed by atoms with Crippen molar-refractivity contribution in [3.63, 3.8) is 0 Å². The Morgan fingerprint density at radius 1 is 0.667 bits per heavy atom. The Kier molecular flexibility index (Phi) is 12.6. The first kappa shape index (κ1) is 34.2. The van der Waals surface area contributed by atoms with Crippen molar-refractivity contribution >= 4 is 46.5 Å². The van der Waals surface area contributed by atoms with Crippen LogP contribution in [-0.2, 0) is 14.3 Å². The first-order valence-corrected chi connectivity index (χ1v) is 15.5. The van der Waals surface area contributed by atoms with Crippen molar-refractivity contribution in [2.75, 3.05) is 98.4 Å². The molecule has 4 rings (SSSR count). The maximum Gasteiger partial charge on any atom is 0.338 e. The quantitative estimate of drug-likeness (QED) is 0.113. The van der Waals surface area contributed by atoms with Gasteiger partial charge in [0.1, 0.15) is 17.6 Å². The summed E-state index contributed by atoms with van der Waals surface area (Å²) < 4.78 is 5.03. The Labute approximate surface area is 260 Å². The van der Waals surface area contributed by atoms with Crippen molar-refractivity contribution < 1.29 is 45.0 Å². The number of hydrogen-bond acceptors (Lipinski definition) is 16. The molecule has 17 heteroatoms. The predicted octanol–water partition coefficient (Wildman–Crippen LogP) is -1.66. The lowest BCUT2D eigenvalue weighted by atomic mass is 10.1. The number of aliphatic hydroxyl groups excluding tert-OH is 5. The summed E-state index contributed by atoms with van der Waals surface area (Å²) in [6, 6.07) is 0. The van der Waals surface area contributed by atoms with E-state index < -0.39 is 24.1 Å². The lowest BCUT2D eigenvalue weighted by molar-refractivity contribution is -0.169. The molecule has 17 nitrogen and oxygen atoms in total. The number of rotatable bonds is 16. The molecule has 2 aromatic heterocycles. The van der Waals surface area contributed by atoms with Crippen LogP contribution in [0, 0.1) is 0 Å². The number of nitrogens with zero attached hydrogens (tertiary/aromatic N) is 8. The monoisotopic (exact) mass is 636 g/mol. The van der Waals surface area contributed by atoms with Crippen molar-refractivity contribution in [1.29, 1.82) is 0 Å². The highest BCUT2D eigenvalue weighted by Gasteiger charge is 2.32. The van der Waals surface area contributed by atoms with Gasteiger partial charge in [0.25, 0.3) is 0 Å². The van der Waals surface area contributed by atoms with Gasteiger partial charge >= 0.3 is 11.9 Å². The molecular weight excluding hydrogens is 592 g/mol. The van der Waals surface area contributed by atoms with E-state index in [9.17, 15) is 35.1 Å². The molecule has 0 saturated carbocycles. The molecule has 2 atom stereocenters. The normalized spacial score (nSPS) is 16.8. The molecule has 2 aliphatic rings. The summed E-state index contributed by atoms with van der Waals surface area (Å²) in [5, 5.41) is 57.4. The number of carbonyl (C=O) groups excluding carboxylic acids is 1. The maximum absolute atomic E-state index is 12.1. The molecule has 2 aliphatic heterocycles. The van der Waals surface area contributed by atoms with Gasteiger partial charge in [-0.25, -0.2) is 19.6 Å². The number of esters is 1. The number of aliphatic hydroxyl groups is 5. The number of aromatic nitrogens is 4. The summed E-state index contributed by atoms with van der Waals surface area (Å²) >= 11 is 0. The van der Waals surface area contributed by atoms with E-state index in [0.717, 1.165) is 64.7 Å². The van der Waals surface area contributed by atoms with Crippen molar-refractivity contribution in [1.82, 2.24) is 19.9 Å². The minimum Gasteiger partial charge on any atom is -0.479 e. The molecule has 6 N–H and O–H groups in total. The second kappa shape index (κ2) is 16.6. The average molecular weight is 637 g/mol. The Morgan fingerprint density at radius 2 is 1.09 bits per heavy atom. The summed E-state index contributed by atoms with van der Waals surface area (Å²) in [5.74, 6) is -1.31. The van der Waals surface area contributed by atoms with Gasteiger partial charge in [-0.2, -0.15) is 9.97 Å². The zero-order valence-electron chi connectivity index (χ0n) is 25.4. The molecule has 0 radical (unpaired) electrons. The lowest BCUT2D eigenvalue weighted by Crippen LogP contribution is -2.41. The van der Waals surface area contributed by atoms with E-state index >= 15 is 0 Å². The van der Waals surface area contributed by atoms with Gasteiger partial charge in [-0.1, -0.05) is 0 Å². The van der Waals surface area contributed by atoms with Crippen LogP contribution in [0.4, 0.5) is 23.5 Å². The van der Waals surface area contributed by atoms with Crippen molar-refractivity contribution in [3.05, 3.63) is 0 Å². The summed E-state index contributed by atoms with van der Waals surface area (Å²) in [5.41, 5.74) is 1.02. The number of hydrogen-bond donors (Lipinski definition) is 6. The fraction of sp³-hybridized carbons (Fsp3) is 0.714. The summed E-state index contributed by atoms with van der Waals surface area (Å²) in [6.45, 7) is 2.61. The summed E-state index contributed by atoms with van der Waals surface area (Å²) in [4.78, 5) is 50.3. The highest BCUT2D eigenvalue weighted by atomic mass is 16.6. The van der Waals surface area contributed by atoms with Gasteiger partial charge in [-0.15, -0.1) is 0 Å². The fourth-order valence-corrected chi connectivity index (χ4v) is 5.49. The van der Waals surface area contributed by atoms with Gasteiger partial charge in [0.2, 0.25) is 11.9 Å². The highest BCUT2D eigenvalue weighted by Crippen LogP contribution is 2.34. The second-order valence-electron chi connectivity index (χ2n) is 11.0. The number of aliphatic carboxylic acids is 1. The van der Waals surface area contributed by atoms with E-state index in [2.05, 4.69) is 9.80 Å². The highest BCUT2D eigenvalue weighted by molar-refractivity contribution is 5.95. The molecular formula is C28H44N8O9. The number of piperidine rings is 2. The third kappa shape index (κ3) is 8.55. The molecule has 2 saturated heterocycles. The number of carboxylic acid groups (broad SMARTS) is 1. The molecule has 250 valence electrons. The van der Waals surface area contributed by atoms with Crippen LogP contribution in [0.1, 0.15) is 38.5 Å². The molecule has 0 amide bonds. The molecule has 0 spiro atoms. The molecule has 2 fully saturated rings. The summed E-state index contributed by atoms with van der Waals surface area (Å²) in [7, 11) is 0. The fourth-order valence-electron chi connectivity index (χ4n) is 5.49. The van der Waals surface area contributed by atoms with Gasteiger partial charge in [-0.05, 0) is 38.5 Å². The van der Waals surface area contributed by atoms with Gasteiger partial charge in [0, 0.05) is 45.8 Å². The molecule has 2 aromatic rings. The van der Waals surface area contributed by atoms with E-state index in [0.29, 0.717) is 28.6 Å². The number of anilines is 4. The topological polar surface area (TPSA) is 229 Å². The van der Waals surface area contributed by atoms with E-state index in [1.807, 2.05) is 0 Å². The second-order valence-corrected chi connectivity index (χ2v) is 11.0. The predicted molar refractivity (Wildman–Crippen MR) is 164 cm³/mol. The largest absolute Gasteiger partial charge is 0.479 e. The number of ether oxygens (including phenoxy) is 1. The zero-order chi connectivity index (χ0) is 32.3. The Morgan fingerprint density at radius 3 is 1.49 bits per heavy atom. The summed E-state index contributed by atoms with van der Waals surface area (Å²) in [6.07, 6.45) is 1.44. The molecule has 0 unspecified atom stereocenters. The van der Waals surface area contributed by atoms with E-state index in [1.54, 1.807) is 9.80 Å². The number of fused-ring (bicyclic) bond motifs is 1. The lowest BCUT2D eigenvalue weighted by Gasteiger charge is -2.33. The molecule has 0 aliphatic carbocycles. The van der Waals surface area contributed by atoms with Gasteiger partial charge < -0.3 is 55.0 Å². The maximum atomic E-state index is 12.1. The van der Waals surface area contributed by atoms with Gasteiger partial charge in [-0.3, -0.25) is 0 Å².